The summed E-state index contributed by atoms with van der Waals surface area (Å²) in [5.41, 5.74) is 27.4. The molecule has 5 aromatic rings. The van der Waals surface area contributed by atoms with Gasteiger partial charge in [0.05, 0.1) is 0 Å². The van der Waals surface area contributed by atoms with E-state index in [9.17, 15) is 0 Å². The molecule has 348 valence electrons. The van der Waals surface area contributed by atoms with Gasteiger partial charge in [0, 0.05) is 45.0 Å². The second kappa shape index (κ2) is 13.6. The van der Waals surface area contributed by atoms with Gasteiger partial charge in [-0.15, -0.1) is 0 Å². The van der Waals surface area contributed by atoms with Gasteiger partial charge in [-0.2, -0.15) is 0 Å². The number of allylic oxidation sites excluding steroid dienone is 2. The van der Waals surface area contributed by atoms with E-state index >= 15 is 0 Å². The van der Waals surface area contributed by atoms with Crippen LogP contribution in [0.3, 0.4) is 0 Å². The third-order valence-corrected chi connectivity index (χ3v) is 19.1. The summed E-state index contributed by atoms with van der Waals surface area (Å²) in [6, 6.07) is 28.7. The van der Waals surface area contributed by atoms with Gasteiger partial charge in [0.2, 0.25) is 0 Å². The van der Waals surface area contributed by atoms with Crippen molar-refractivity contribution in [2.75, 3.05) is 9.80 Å². The molecule has 0 atom stereocenters. The van der Waals surface area contributed by atoms with Crippen molar-refractivity contribution in [1.82, 2.24) is 0 Å². The minimum Gasteiger partial charge on any atom is -0.311 e. The molecule has 5 aromatic carbocycles. The molecule has 2 aliphatic heterocycles. The van der Waals surface area contributed by atoms with E-state index in [1.807, 2.05) is 0 Å². The van der Waals surface area contributed by atoms with Crippen LogP contribution >= 0.6 is 0 Å². The Hall–Kier alpha value is -4.50. The summed E-state index contributed by atoms with van der Waals surface area (Å²) < 4.78 is 0. The molecule has 0 radical (unpaired) electrons. The van der Waals surface area contributed by atoms with E-state index in [2.05, 4.69) is 213 Å². The van der Waals surface area contributed by atoms with Crippen molar-refractivity contribution in [3.05, 3.63) is 135 Å². The van der Waals surface area contributed by atoms with Crippen molar-refractivity contribution >= 4 is 57.2 Å². The topological polar surface area (TPSA) is 6.48 Å². The molecule has 0 saturated heterocycles. The highest BCUT2D eigenvalue weighted by Gasteiger charge is 2.49. The number of benzene rings is 5. The number of aryl methyl sites for hydroxylation is 2. The van der Waals surface area contributed by atoms with Crippen LogP contribution in [0.25, 0.3) is 0 Å². The second-order valence-corrected chi connectivity index (χ2v) is 27.7. The van der Waals surface area contributed by atoms with Gasteiger partial charge in [-0.05, 0) is 199 Å². The first-order chi connectivity index (χ1) is 31.0. The Morgan fingerprint density at radius 2 is 0.731 bits per heavy atom. The van der Waals surface area contributed by atoms with Gasteiger partial charge in [0.25, 0.3) is 6.71 Å². The van der Waals surface area contributed by atoms with Crippen LogP contribution in [0.1, 0.15) is 205 Å². The van der Waals surface area contributed by atoms with Crippen LogP contribution in [-0.2, 0) is 43.3 Å². The highest BCUT2D eigenvalue weighted by Crippen LogP contribution is 2.55. The molecule has 0 spiro atoms. The minimum atomic E-state index is -0.0907. The summed E-state index contributed by atoms with van der Waals surface area (Å²) in [6.07, 6.45) is 12.1. The Balaban J connectivity index is 1.28. The molecule has 6 aliphatic rings. The maximum atomic E-state index is 2.75. The third kappa shape index (κ3) is 6.40. The smallest absolute Gasteiger partial charge is 0.252 e. The fourth-order valence-corrected chi connectivity index (χ4v) is 14.1. The zero-order valence-corrected chi connectivity index (χ0v) is 44.7. The highest BCUT2D eigenvalue weighted by atomic mass is 15.2. The van der Waals surface area contributed by atoms with Crippen LogP contribution in [-0.4, -0.2) is 6.71 Å². The first kappa shape index (κ1) is 45.0. The molecule has 4 aliphatic carbocycles. The lowest BCUT2D eigenvalue weighted by molar-refractivity contribution is 0.332. The van der Waals surface area contributed by atoms with E-state index in [-0.39, 0.29) is 50.0 Å². The quantitative estimate of drug-likeness (QED) is 0.126. The molecule has 0 saturated carbocycles. The molecule has 0 unspecified atom stereocenters. The Bertz CT molecular complexity index is 3010. The SMILES string of the molecule is Cc1cc2c3c(c1)N(c1cc4c(cc1C)C(C)(C)C=CC4(C)C)c1cc4c(cc1B3c1cc3c(cc1N2c1ccc2c(c1)C(C)(C)CCC2(C)C)C(C)(C)CCC3(C)C)C(C)(C)CCC4(C)C. The lowest BCUT2D eigenvalue weighted by atomic mass is 9.32. The molecule has 67 heavy (non-hydrogen) atoms. The normalized spacial score (nSPS) is 22.9. The summed E-state index contributed by atoms with van der Waals surface area (Å²) in [6.45, 7) is 44.3. The van der Waals surface area contributed by atoms with Crippen LogP contribution in [0.4, 0.5) is 34.1 Å². The van der Waals surface area contributed by atoms with Crippen LogP contribution in [0.15, 0.2) is 78.9 Å². The standard InChI is InChI=1S/C64H79BN2/c1-38-29-54-56-55(30-38)67(51-35-46-42(31-39(51)2)58(5,6)23-26-62(46,13)14)53-37-48-45(61(11,12)25-28-64(48,17)18)34-50(53)65(56)49-33-44-47(63(15,16)27-24-60(44,9)10)36-52(49)66(54)40-19-20-41-43(32-40)59(7,8)22-21-57(41,3)4/h19-20,23,26,29-37H,21-22,24-25,27-28H2,1-18H3. The van der Waals surface area contributed by atoms with Gasteiger partial charge in [-0.3, -0.25) is 0 Å². The molecule has 3 heteroatoms. The molecule has 0 bridgehead atoms. The van der Waals surface area contributed by atoms with Gasteiger partial charge in [-0.25, -0.2) is 0 Å². The van der Waals surface area contributed by atoms with E-state index in [0.29, 0.717) is 0 Å². The number of hydrogen-bond acceptors (Lipinski definition) is 2. The molecule has 0 amide bonds. The van der Waals surface area contributed by atoms with Gasteiger partial charge in [-0.1, -0.05) is 147 Å². The maximum Gasteiger partial charge on any atom is 0.252 e. The summed E-state index contributed by atoms with van der Waals surface area (Å²) >= 11 is 0. The molecule has 0 fully saturated rings. The summed E-state index contributed by atoms with van der Waals surface area (Å²) in [7, 11) is 0. The van der Waals surface area contributed by atoms with Crippen LogP contribution < -0.4 is 26.2 Å². The molecule has 2 nitrogen and oxygen atoms in total. The van der Waals surface area contributed by atoms with Gasteiger partial charge < -0.3 is 9.80 Å². The Kier molecular flexibility index (Phi) is 9.15. The molecular weight excluding hydrogens is 808 g/mol. The van der Waals surface area contributed by atoms with Crippen molar-refractivity contribution in [2.45, 2.75) is 206 Å². The molecule has 11 rings (SSSR count). The second-order valence-electron chi connectivity index (χ2n) is 27.7. The summed E-state index contributed by atoms with van der Waals surface area (Å²) in [4.78, 5) is 5.48. The largest absolute Gasteiger partial charge is 0.311 e. The van der Waals surface area contributed by atoms with Crippen LogP contribution in [0, 0.1) is 13.8 Å². The lowest BCUT2D eigenvalue weighted by Crippen LogP contribution is -2.62. The number of nitrogens with zero attached hydrogens (tertiary/aromatic N) is 2. The van der Waals surface area contributed by atoms with Gasteiger partial charge in [0.1, 0.15) is 0 Å². The predicted octanol–water partition coefficient (Wildman–Crippen LogP) is 15.6. The van der Waals surface area contributed by atoms with E-state index < -0.39 is 0 Å². The minimum absolute atomic E-state index is 0.0411. The Morgan fingerprint density at radius 3 is 1.21 bits per heavy atom. The molecule has 2 heterocycles. The van der Waals surface area contributed by atoms with Crippen molar-refractivity contribution in [3.63, 3.8) is 0 Å². The van der Waals surface area contributed by atoms with E-state index in [1.54, 1.807) is 5.56 Å². The monoisotopic (exact) mass is 887 g/mol. The van der Waals surface area contributed by atoms with Crippen molar-refractivity contribution in [2.24, 2.45) is 0 Å². The number of fused-ring (bicyclic) bond motifs is 8. The Labute approximate surface area is 406 Å². The lowest BCUT2D eigenvalue weighted by Gasteiger charge is -2.49. The summed E-state index contributed by atoms with van der Waals surface area (Å²) in [5.74, 6) is 0. The Morgan fingerprint density at radius 1 is 0.358 bits per heavy atom. The van der Waals surface area contributed by atoms with Crippen molar-refractivity contribution in [3.8, 4) is 0 Å². The first-order valence-electron chi connectivity index (χ1n) is 26.1. The molecule has 0 aromatic heterocycles. The third-order valence-electron chi connectivity index (χ3n) is 19.1. The molecule has 0 N–H and O–H groups in total. The van der Waals surface area contributed by atoms with E-state index in [0.717, 1.165) is 0 Å². The van der Waals surface area contributed by atoms with Gasteiger partial charge >= 0.3 is 0 Å². The number of anilines is 6. The summed E-state index contributed by atoms with van der Waals surface area (Å²) in [5, 5.41) is 0. The van der Waals surface area contributed by atoms with E-state index in [4.69, 9.17) is 0 Å². The first-order valence-corrected chi connectivity index (χ1v) is 26.1. The zero-order valence-electron chi connectivity index (χ0n) is 44.7. The molecular formula is C64H79BN2. The average Bonchev–Trinajstić information content (AvgIpc) is 3.24. The van der Waals surface area contributed by atoms with Crippen LogP contribution in [0.2, 0.25) is 0 Å². The zero-order chi connectivity index (χ0) is 48.1. The van der Waals surface area contributed by atoms with Crippen molar-refractivity contribution in [1.29, 1.82) is 0 Å². The van der Waals surface area contributed by atoms with E-state index in [1.165, 1.54) is 139 Å². The number of rotatable bonds is 2. The maximum absolute atomic E-state index is 2.75. The number of hydrogen-bond donors (Lipinski definition) is 0. The van der Waals surface area contributed by atoms with Crippen molar-refractivity contribution < 1.29 is 0 Å². The van der Waals surface area contributed by atoms with Gasteiger partial charge in [0.15, 0.2) is 0 Å². The fourth-order valence-electron chi connectivity index (χ4n) is 14.1. The van der Waals surface area contributed by atoms with Crippen LogP contribution in [0.5, 0.6) is 0 Å². The predicted molar refractivity (Wildman–Crippen MR) is 291 cm³/mol. The highest BCUT2D eigenvalue weighted by molar-refractivity contribution is 7.00. The fraction of sp³-hybridized carbons (Fsp3) is 0.500. The average molecular weight is 887 g/mol.